The number of imide groups is 1. The van der Waals surface area contributed by atoms with Gasteiger partial charge in [-0.3, -0.25) is 24.2 Å². The van der Waals surface area contributed by atoms with E-state index in [0.29, 0.717) is 30.3 Å². The first-order valence-corrected chi connectivity index (χ1v) is 12.2. The van der Waals surface area contributed by atoms with Crippen LogP contribution in [0, 0.1) is 6.92 Å². The lowest BCUT2D eigenvalue weighted by molar-refractivity contribution is -0.121. The minimum absolute atomic E-state index is 0.0547. The fourth-order valence-corrected chi connectivity index (χ4v) is 4.47. The molecule has 4 rings (SSSR count). The molecule has 2 heterocycles. The molecule has 3 amide bonds. The van der Waals surface area contributed by atoms with Crippen LogP contribution in [0.2, 0.25) is 0 Å². The Bertz CT molecular complexity index is 1080. The molecule has 0 bridgehead atoms. The van der Waals surface area contributed by atoms with Crippen LogP contribution in [0.3, 0.4) is 0 Å². The van der Waals surface area contributed by atoms with Gasteiger partial charge in [-0.2, -0.15) is 0 Å². The van der Waals surface area contributed by atoms with Gasteiger partial charge in [0.05, 0.1) is 11.1 Å². The van der Waals surface area contributed by atoms with Crippen LogP contribution in [0.5, 0.6) is 5.75 Å². The van der Waals surface area contributed by atoms with Gasteiger partial charge in [-0.05, 0) is 56.6 Å². The van der Waals surface area contributed by atoms with Crippen LogP contribution in [-0.4, -0.2) is 73.5 Å². The van der Waals surface area contributed by atoms with Crippen molar-refractivity contribution in [2.75, 3.05) is 40.0 Å². The predicted octanol–water partition coefficient (Wildman–Crippen LogP) is 2.79. The molecule has 1 N–H and O–H groups in total. The highest BCUT2D eigenvalue weighted by Gasteiger charge is 2.35. The fourth-order valence-electron chi connectivity index (χ4n) is 4.47. The van der Waals surface area contributed by atoms with Crippen LogP contribution in [-0.2, 0) is 16.1 Å². The number of nitrogens with zero attached hydrogens (tertiary/aromatic N) is 2. The molecule has 0 saturated carbocycles. The number of fused-ring (bicyclic) bond motifs is 1. The van der Waals surface area contributed by atoms with Crippen LogP contribution < -0.4 is 10.1 Å². The van der Waals surface area contributed by atoms with E-state index in [-0.39, 0.29) is 30.7 Å². The molecule has 0 aliphatic carbocycles. The van der Waals surface area contributed by atoms with E-state index in [1.807, 2.05) is 37.3 Å². The van der Waals surface area contributed by atoms with Crippen molar-refractivity contribution in [2.24, 2.45) is 0 Å². The molecule has 35 heavy (non-hydrogen) atoms. The molecule has 2 aliphatic heterocycles. The van der Waals surface area contributed by atoms with Crippen molar-refractivity contribution in [3.63, 3.8) is 0 Å². The summed E-state index contributed by atoms with van der Waals surface area (Å²) in [6.07, 6.45) is 2.16. The SMILES string of the molecule is Cc1ccc2c(c1)C(=O)N(CCC(=O)NCc1cccc(OCCN(C)C3CCOCC3)c1)C2=O. The largest absolute Gasteiger partial charge is 0.492 e. The molecule has 0 radical (unpaired) electrons. The number of aryl methyl sites for hydroxylation is 1. The van der Waals surface area contributed by atoms with E-state index < -0.39 is 0 Å². The molecule has 0 aromatic heterocycles. The summed E-state index contributed by atoms with van der Waals surface area (Å²) in [7, 11) is 2.12. The second-order valence-electron chi connectivity index (χ2n) is 9.16. The average Bonchev–Trinajstić information content (AvgIpc) is 3.10. The van der Waals surface area contributed by atoms with Crippen LogP contribution in [0.15, 0.2) is 42.5 Å². The lowest BCUT2D eigenvalue weighted by atomic mass is 10.1. The van der Waals surface area contributed by atoms with Crippen LogP contribution in [0.25, 0.3) is 0 Å². The van der Waals surface area contributed by atoms with E-state index in [0.717, 1.165) is 54.4 Å². The van der Waals surface area contributed by atoms with Gasteiger partial charge >= 0.3 is 0 Å². The first-order valence-electron chi connectivity index (χ1n) is 12.2. The molecular formula is C27H33N3O5. The minimum atomic E-state index is -0.342. The molecule has 2 aromatic rings. The van der Waals surface area contributed by atoms with Crippen LogP contribution >= 0.6 is 0 Å². The molecule has 8 nitrogen and oxygen atoms in total. The highest BCUT2D eigenvalue weighted by atomic mass is 16.5. The number of hydrogen-bond acceptors (Lipinski definition) is 6. The number of benzene rings is 2. The zero-order chi connectivity index (χ0) is 24.8. The molecule has 1 fully saturated rings. The molecule has 8 heteroatoms. The normalized spacial score (nSPS) is 16.0. The lowest BCUT2D eigenvalue weighted by Crippen LogP contribution is -2.38. The third-order valence-corrected chi connectivity index (χ3v) is 6.60. The van der Waals surface area contributed by atoms with E-state index in [1.54, 1.807) is 12.1 Å². The number of carbonyl (C=O) groups is 3. The van der Waals surface area contributed by atoms with Crippen molar-refractivity contribution in [1.29, 1.82) is 0 Å². The van der Waals surface area contributed by atoms with Gasteiger partial charge in [0.2, 0.25) is 5.91 Å². The van der Waals surface area contributed by atoms with Crippen molar-refractivity contribution < 1.29 is 23.9 Å². The molecule has 186 valence electrons. The van der Waals surface area contributed by atoms with Gasteiger partial charge in [0.1, 0.15) is 12.4 Å². The Hall–Kier alpha value is -3.23. The summed E-state index contributed by atoms with van der Waals surface area (Å²) in [5.74, 6) is -0.139. The molecule has 0 unspecified atom stereocenters. The van der Waals surface area contributed by atoms with E-state index in [2.05, 4.69) is 17.3 Å². The monoisotopic (exact) mass is 479 g/mol. The standard InChI is InChI=1S/C27H33N3O5/c1-19-6-7-23-24(16-19)27(33)30(26(23)32)11-8-25(31)28-18-20-4-3-5-22(17-20)35-15-12-29(2)21-9-13-34-14-10-21/h3-7,16-17,21H,8-15,18H2,1-2H3,(H,28,31). The average molecular weight is 480 g/mol. The summed E-state index contributed by atoms with van der Waals surface area (Å²) in [6.45, 7) is 5.34. The van der Waals surface area contributed by atoms with Crippen molar-refractivity contribution >= 4 is 17.7 Å². The first-order chi connectivity index (χ1) is 16.9. The Morgan fingerprint density at radius 1 is 1.11 bits per heavy atom. The van der Waals surface area contributed by atoms with E-state index in [4.69, 9.17) is 9.47 Å². The van der Waals surface area contributed by atoms with Crippen LogP contribution in [0.1, 0.15) is 51.1 Å². The topological polar surface area (TPSA) is 88.2 Å². The van der Waals surface area contributed by atoms with Crippen molar-refractivity contribution in [3.05, 3.63) is 64.7 Å². The zero-order valence-corrected chi connectivity index (χ0v) is 20.4. The minimum Gasteiger partial charge on any atom is -0.492 e. The van der Waals surface area contributed by atoms with Gasteiger partial charge in [0.25, 0.3) is 11.8 Å². The van der Waals surface area contributed by atoms with Gasteiger partial charge in [-0.25, -0.2) is 0 Å². The van der Waals surface area contributed by atoms with E-state index >= 15 is 0 Å². The Labute approximate surface area is 206 Å². The maximum atomic E-state index is 12.6. The Morgan fingerprint density at radius 3 is 2.69 bits per heavy atom. The number of nitrogens with one attached hydrogen (secondary N) is 1. The summed E-state index contributed by atoms with van der Waals surface area (Å²) in [6, 6.07) is 13.4. The first kappa shape index (κ1) is 24.9. The Balaban J connectivity index is 1.20. The summed E-state index contributed by atoms with van der Waals surface area (Å²) >= 11 is 0. The van der Waals surface area contributed by atoms with Crippen molar-refractivity contribution in [3.8, 4) is 5.75 Å². The maximum absolute atomic E-state index is 12.6. The predicted molar refractivity (Wildman–Crippen MR) is 131 cm³/mol. The number of hydrogen-bond donors (Lipinski definition) is 1. The Morgan fingerprint density at radius 2 is 1.89 bits per heavy atom. The smallest absolute Gasteiger partial charge is 0.261 e. The second kappa shape index (κ2) is 11.5. The fraction of sp³-hybridized carbons (Fsp3) is 0.444. The molecule has 0 spiro atoms. The Kier molecular flexibility index (Phi) is 8.15. The van der Waals surface area contributed by atoms with Crippen LogP contribution in [0.4, 0.5) is 0 Å². The number of amides is 3. The summed E-state index contributed by atoms with van der Waals surface area (Å²) < 4.78 is 11.3. The van der Waals surface area contributed by atoms with Crippen molar-refractivity contribution in [1.82, 2.24) is 15.1 Å². The number of likely N-dealkylation sites (N-methyl/N-ethyl adjacent to an activating group) is 1. The maximum Gasteiger partial charge on any atom is 0.261 e. The zero-order valence-electron chi connectivity index (χ0n) is 20.4. The third kappa shape index (κ3) is 6.26. The van der Waals surface area contributed by atoms with Gasteiger partial charge in [-0.15, -0.1) is 0 Å². The molecule has 1 saturated heterocycles. The summed E-state index contributed by atoms with van der Waals surface area (Å²) in [4.78, 5) is 40.9. The summed E-state index contributed by atoms with van der Waals surface area (Å²) in [5, 5.41) is 2.86. The second-order valence-corrected chi connectivity index (χ2v) is 9.16. The highest BCUT2D eigenvalue weighted by molar-refractivity contribution is 6.21. The van der Waals surface area contributed by atoms with Gasteiger partial charge in [0, 0.05) is 45.3 Å². The number of carbonyl (C=O) groups excluding carboxylic acids is 3. The van der Waals surface area contributed by atoms with Gasteiger partial charge in [0.15, 0.2) is 0 Å². The molecule has 2 aliphatic rings. The van der Waals surface area contributed by atoms with E-state index in [9.17, 15) is 14.4 Å². The lowest BCUT2D eigenvalue weighted by Gasteiger charge is -2.31. The highest BCUT2D eigenvalue weighted by Crippen LogP contribution is 2.24. The van der Waals surface area contributed by atoms with Gasteiger partial charge in [-0.1, -0.05) is 23.8 Å². The van der Waals surface area contributed by atoms with Crippen molar-refractivity contribution in [2.45, 2.75) is 38.8 Å². The number of rotatable bonds is 10. The quantitative estimate of drug-likeness (QED) is 0.528. The third-order valence-electron chi connectivity index (χ3n) is 6.60. The van der Waals surface area contributed by atoms with E-state index in [1.165, 1.54) is 0 Å². The molecule has 0 atom stereocenters. The summed E-state index contributed by atoms with van der Waals surface area (Å²) in [5.41, 5.74) is 2.65. The molecular weight excluding hydrogens is 446 g/mol. The van der Waals surface area contributed by atoms with Gasteiger partial charge < -0.3 is 14.8 Å². The number of ether oxygens (including phenoxy) is 2. The molecule has 2 aromatic carbocycles.